The Bertz CT molecular complexity index is 1500. The fourth-order valence-electron chi connectivity index (χ4n) is 3.47. The second-order valence-corrected chi connectivity index (χ2v) is 10.3. The van der Waals surface area contributed by atoms with Gasteiger partial charge in [-0.1, -0.05) is 38.1 Å². The van der Waals surface area contributed by atoms with E-state index in [1.807, 2.05) is 13.8 Å². The third-order valence-corrected chi connectivity index (χ3v) is 6.87. The van der Waals surface area contributed by atoms with Crippen molar-refractivity contribution >= 4 is 15.8 Å². The summed E-state index contributed by atoms with van der Waals surface area (Å²) in [5.41, 5.74) is 0.999. The van der Waals surface area contributed by atoms with Crippen molar-refractivity contribution in [1.29, 1.82) is 0 Å². The topological polar surface area (TPSA) is 146 Å². The molecule has 204 valence electrons. The van der Waals surface area contributed by atoms with Crippen molar-refractivity contribution in [3.8, 4) is 34.8 Å². The van der Waals surface area contributed by atoms with E-state index in [1.165, 1.54) is 31.6 Å². The highest BCUT2D eigenvalue weighted by molar-refractivity contribution is 7.92. The highest BCUT2D eigenvalue weighted by atomic mass is 32.2. The number of para-hydroxylation sites is 2. The van der Waals surface area contributed by atoms with E-state index in [2.05, 4.69) is 24.7 Å². The molecule has 2 N–H and O–H groups in total. The number of sulfonamides is 1. The first-order valence-corrected chi connectivity index (χ1v) is 13.7. The van der Waals surface area contributed by atoms with Crippen LogP contribution < -0.4 is 18.9 Å². The standard InChI is InChI=1S/C27H29N5O6S/c1-18(2)19-10-12-20(13-11-19)39(34,35)32-24-23(38-22-9-5-4-8-21(22)36-3)27(37-17-7-16-33)31-26(30-24)25-28-14-6-15-29-25/h4-6,8-15,18,33H,7,16-17H2,1-3H3,(H,30,31,32). The Hall–Kier alpha value is -4.29. The van der Waals surface area contributed by atoms with Crippen LogP contribution in [0.1, 0.15) is 31.7 Å². The summed E-state index contributed by atoms with van der Waals surface area (Å²) in [6.07, 6.45) is 3.33. The average Bonchev–Trinajstić information content (AvgIpc) is 2.95. The van der Waals surface area contributed by atoms with Crippen LogP contribution in [0.3, 0.4) is 0 Å². The second-order valence-electron chi connectivity index (χ2n) is 8.61. The van der Waals surface area contributed by atoms with Crippen LogP contribution >= 0.6 is 0 Å². The first-order chi connectivity index (χ1) is 18.8. The molecule has 0 aliphatic rings. The van der Waals surface area contributed by atoms with Crippen LogP contribution in [-0.4, -0.2) is 53.8 Å². The van der Waals surface area contributed by atoms with Gasteiger partial charge in [0.2, 0.25) is 11.6 Å². The predicted octanol–water partition coefficient (Wildman–Crippen LogP) is 4.42. The van der Waals surface area contributed by atoms with Crippen LogP contribution in [0.15, 0.2) is 71.9 Å². The van der Waals surface area contributed by atoms with Gasteiger partial charge in [-0.05, 0) is 41.8 Å². The van der Waals surface area contributed by atoms with E-state index < -0.39 is 10.0 Å². The van der Waals surface area contributed by atoms with Crippen LogP contribution in [0.2, 0.25) is 0 Å². The Balaban J connectivity index is 1.85. The summed E-state index contributed by atoms with van der Waals surface area (Å²) in [6, 6.07) is 15.0. The van der Waals surface area contributed by atoms with Gasteiger partial charge in [0.25, 0.3) is 15.9 Å². The van der Waals surface area contributed by atoms with Gasteiger partial charge in [-0.25, -0.2) is 23.4 Å². The first-order valence-electron chi connectivity index (χ1n) is 12.2. The summed E-state index contributed by atoms with van der Waals surface area (Å²) in [5, 5.41) is 9.26. The molecule has 2 aromatic heterocycles. The molecule has 0 unspecified atom stereocenters. The maximum absolute atomic E-state index is 13.5. The van der Waals surface area contributed by atoms with Crippen molar-refractivity contribution in [3.63, 3.8) is 0 Å². The minimum Gasteiger partial charge on any atom is -0.493 e. The maximum Gasteiger partial charge on any atom is 0.263 e. The lowest BCUT2D eigenvalue weighted by Crippen LogP contribution is -2.16. The maximum atomic E-state index is 13.5. The molecule has 0 atom stereocenters. The van der Waals surface area contributed by atoms with Crippen molar-refractivity contribution in [3.05, 3.63) is 72.6 Å². The van der Waals surface area contributed by atoms with Gasteiger partial charge in [-0.3, -0.25) is 4.72 Å². The molecule has 39 heavy (non-hydrogen) atoms. The van der Waals surface area contributed by atoms with Crippen molar-refractivity contribution in [1.82, 2.24) is 19.9 Å². The van der Waals surface area contributed by atoms with Gasteiger partial charge in [0, 0.05) is 25.4 Å². The van der Waals surface area contributed by atoms with Gasteiger partial charge in [-0.2, -0.15) is 4.98 Å². The number of nitrogens with zero attached hydrogens (tertiary/aromatic N) is 4. The number of aliphatic hydroxyl groups is 1. The zero-order chi connectivity index (χ0) is 27.8. The zero-order valence-electron chi connectivity index (χ0n) is 21.7. The molecule has 4 aromatic rings. The smallest absolute Gasteiger partial charge is 0.263 e. The highest BCUT2D eigenvalue weighted by Gasteiger charge is 2.26. The monoisotopic (exact) mass is 551 g/mol. The summed E-state index contributed by atoms with van der Waals surface area (Å²) >= 11 is 0. The molecule has 2 aromatic carbocycles. The third kappa shape index (κ3) is 6.78. The highest BCUT2D eigenvalue weighted by Crippen LogP contribution is 2.41. The zero-order valence-corrected chi connectivity index (χ0v) is 22.6. The minimum absolute atomic E-state index is 0.00910. The van der Waals surface area contributed by atoms with Crippen LogP contribution in [0.4, 0.5) is 5.82 Å². The number of anilines is 1. The van der Waals surface area contributed by atoms with Crippen molar-refractivity contribution in [2.75, 3.05) is 25.0 Å². The lowest BCUT2D eigenvalue weighted by atomic mass is 10.0. The summed E-state index contributed by atoms with van der Waals surface area (Å²) in [6.45, 7) is 4.01. The molecule has 0 saturated heterocycles. The number of aromatic nitrogens is 4. The van der Waals surface area contributed by atoms with Crippen LogP contribution in [0.25, 0.3) is 11.6 Å². The third-order valence-electron chi connectivity index (χ3n) is 5.51. The van der Waals surface area contributed by atoms with Crippen LogP contribution in [-0.2, 0) is 10.0 Å². The normalized spacial score (nSPS) is 11.3. The van der Waals surface area contributed by atoms with E-state index in [1.54, 1.807) is 42.5 Å². The number of ether oxygens (including phenoxy) is 3. The van der Waals surface area contributed by atoms with Gasteiger partial charge in [0.05, 0.1) is 18.6 Å². The molecule has 2 heterocycles. The molecule has 0 fully saturated rings. The Morgan fingerprint density at radius 1 is 0.923 bits per heavy atom. The Morgan fingerprint density at radius 2 is 1.62 bits per heavy atom. The SMILES string of the molecule is COc1ccccc1Oc1c(NS(=O)(=O)c2ccc(C(C)C)cc2)nc(-c2ncccn2)nc1OCCCO. The molecule has 0 aliphatic carbocycles. The van der Waals surface area contributed by atoms with Gasteiger partial charge >= 0.3 is 0 Å². The number of nitrogens with one attached hydrogen (secondary N) is 1. The average molecular weight is 552 g/mol. The number of aliphatic hydroxyl groups excluding tert-OH is 1. The molecule has 4 rings (SSSR count). The summed E-state index contributed by atoms with van der Waals surface area (Å²) in [7, 11) is -2.63. The molecule has 12 heteroatoms. The number of hydrogen-bond donors (Lipinski definition) is 2. The first kappa shape index (κ1) is 27.7. The molecule has 0 spiro atoms. The molecule has 0 aliphatic heterocycles. The van der Waals surface area contributed by atoms with Gasteiger partial charge in [-0.15, -0.1) is 0 Å². The Morgan fingerprint density at radius 3 is 2.26 bits per heavy atom. The lowest BCUT2D eigenvalue weighted by Gasteiger charge is -2.18. The molecule has 0 bridgehead atoms. The number of methoxy groups -OCH3 is 1. The van der Waals surface area contributed by atoms with E-state index in [4.69, 9.17) is 14.2 Å². The fraction of sp³-hybridized carbons (Fsp3) is 0.259. The quantitative estimate of drug-likeness (QED) is 0.243. The molecular weight excluding hydrogens is 522 g/mol. The molecule has 0 saturated carbocycles. The van der Waals surface area contributed by atoms with Crippen LogP contribution in [0, 0.1) is 0 Å². The largest absolute Gasteiger partial charge is 0.493 e. The fourth-order valence-corrected chi connectivity index (χ4v) is 4.47. The predicted molar refractivity (Wildman–Crippen MR) is 145 cm³/mol. The van der Waals surface area contributed by atoms with Crippen molar-refractivity contribution in [2.45, 2.75) is 31.1 Å². The summed E-state index contributed by atoms with van der Waals surface area (Å²) in [5.74, 6) is 0.715. The summed E-state index contributed by atoms with van der Waals surface area (Å²) < 4.78 is 46.8. The van der Waals surface area contributed by atoms with E-state index in [0.717, 1.165) is 5.56 Å². The summed E-state index contributed by atoms with van der Waals surface area (Å²) in [4.78, 5) is 17.2. The minimum atomic E-state index is -4.12. The van der Waals surface area contributed by atoms with E-state index in [9.17, 15) is 13.5 Å². The number of benzene rings is 2. The van der Waals surface area contributed by atoms with Crippen molar-refractivity contribution in [2.24, 2.45) is 0 Å². The molecule has 11 nitrogen and oxygen atoms in total. The second kappa shape index (κ2) is 12.5. The van der Waals surface area contributed by atoms with Crippen LogP contribution in [0.5, 0.6) is 23.1 Å². The Labute approximate surface area is 226 Å². The van der Waals surface area contributed by atoms with E-state index in [0.29, 0.717) is 12.2 Å². The lowest BCUT2D eigenvalue weighted by molar-refractivity contribution is 0.224. The Kier molecular flexibility index (Phi) is 8.89. The van der Waals surface area contributed by atoms with Gasteiger partial charge < -0.3 is 19.3 Å². The molecule has 0 radical (unpaired) electrons. The van der Waals surface area contributed by atoms with Gasteiger partial charge in [0.1, 0.15) is 0 Å². The molecular formula is C27H29N5O6S. The van der Waals surface area contributed by atoms with E-state index >= 15 is 0 Å². The number of hydrogen-bond acceptors (Lipinski definition) is 10. The number of rotatable bonds is 12. The van der Waals surface area contributed by atoms with Gasteiger partial charge in [0.15, 0.2) is 23.1 Å². The van der Waals surface area contributed by atoms with Crippen molar-refractivity contribution < 1.29 is 27.7 Å². The van der Waals surface area contributed by atoms with E-state index in [-0.39, 0.29) is 58.9 Å². The molecule has 0 amide bonds.